The molecule has 1 fully saturated rings. The van der Waals surface area contributed by atoms with Gasteiger partial charge in [-0.15, -0.1) is 0 Å². The summed E-state index contributed by atoms with van der Waals surface area (Å²) in [6, 6.07) is 0.921. The lowest BCUT2D eigenvalue weighted by Gasteiger charge is -2.31. The summed E-state index contributed by atoms with van der Waals surface area (Å²) in [5.41, 5.74) is -3.65. The molecule has 1 saturated heterocycles. The third kappa shape index (κ3) is 4.63. The number of benzene rings is 1. The Labute approximate surface area is 216 Å². The zero-order valence-corrected chi connectivity index (χ0v) is 21.2. The van der Waals surface area contributed by atoms with E-state index in [0.29, 0.717) is 39.1 Å². The summed E-state index contributed by atoms with van der Waals surface area (Å²) in [6.07, 6.45) is -3.89. The summed E-state index contributed by atoms with van der Waals surface area (Å²) in [5.74, 6) is -1.70. The summed E-state index contributed by atoms with van der Waals surface area (Å²) < 4.78 is 79.9. The van der Waals surface area contributed by atoms with Gasteiger partial charge in [-0.2, -0.15) is 18.2 Å². The van der Waals surface area contributed by atoms with Crippen LogP contribution in [0.5, 0.6) is 5.88 Å². The minimum atomic E-state index is -4.98. The fourth-order valence-electron chi connectivity index (χ4n) is 4.66. The zero-order chi connectivity index (χ0) is 27.2. The van der Waals surface area contributed by atoms with Crippen LogP contribution in [0, 0.1) is 18.6 Å². The molecule has 0 saturated carbocycles. The fraction of sp³-hybridized carbons (Fsp3) is 0.480. The third-order valence-electron chi connectivity index (χ3n) is 6.82. The van der Waals surface area contributed by atoms with Crippen molar-refractivity contribution in [2.24, 2.45) is 0 Å². The Morgan fingerprint density at radius 2 is 1.84 bits per heavy atom. The molecule has 38 heavy (non-hydrogen) atoms. The molecule has 2 aliphatic heterocycles. The van der Waals surface area contributed by atoms with E-state index < -0.39 is 46.3 Å². The average molecular weight is 538 g/mol. The molecule has 2 aliphatic rings. The van der Waals surface area contributed by atoms with Gasteiger partial charge in [-0.05, 0) is 44.9 Å². The maximum Gasteiger partial charge on any atom is 0.417 e. The van der Waals surface area contributed by atoms with E-state index in [9.17, 15) is 17.6 Å². The average Bonchev–Trinajstić information content (AvgIpc) is 2.85. The second-order valence-corrected chi connectivity index (χ2v) is 9.44. The number of hydrogen-bond acceptors (Lipinski definition) is 8. The van der Waals surface area contributed by atoms with Gasteiger partial charge in [0.2, 0.25) is 11.8 Å². The van der Waals surface area contributed by atoms with E-state index in [-0.39, 0.29) is 34.2 Å². The lowest BCUT2D eigenvalue weighted by Crippen LogP contribution is -2.38. The highest BCUT2D eigenvalue weighted by molar-refractivity contribution is 5.97. The van der Waals surface area contributed by atoms with E-state index in [1.165, 1.54) is 7.05 Å². The van der Waals surface area contributed by atoms with E-state index >= 15 is 4.39 Å². The van der Waals surface area contributed by atoms with Gasteiger partial charge in [0, 0.05) is 38.8 Å². The van der Waals surface area contributed by atoms with Crippen molar-refractivity contribution in [3.63, 3.8) is 0 Å². The highest BCUT2D eigenvalue weighted by Gasteiger charge is 2.39. The van der Waals surface area contributed by atoms with E-state index in [1.54, 1.807) is 6.92 Å². The number of alkyl halides is 3. The van der Waals surface area contributed by atoms with Gasteiger partial charge in [-0.1, -0.05) is 0 Å². The fourth-order valence-corrected chi connectivity index (χ4v) is 4.66. The topological polar surface area (TPSA) is 87.2 Å². The van der Waals surface area contributed by atoms with Crippen molar-refractivity contribution in [3.05, 3.63) is 28.8 Å². The number of hydrogen-bond donors (Lipinski definition) is 3. The second kappa shape index (κ2) is 10.0. The predicted molar refractivity (Wildman–Crippen MR) is 135 cm³/mol. The van der Waals surface area contributed by atoms with Crippen LogP contribution in [0.15, 0.2) is 6.07 Å². The van der Waals surface area contributed by atoms with E-state index in [0.717, 1.165) is 19.4 Å². The predicted octanol–water partition coefficient (Wildman–Crippen LogP) is 4.72. The largest absolute Gasteiger partial charge is 0.474 e. The molecule has 5 rings (SSSR count). The Morgan fingerprint density at radius 3 is 2.50 bits per heavy atom. The number of aromatic nitrogens is 3. The molecule has 4 heterocycles. The second-order valence-electron chi connectivity index (χ2n) is 9.44. The van der Waals surface area contributed by atoms with Crippen LogP contribution in [-0.4, -0.2) is 60.8 Å². The number of rotatable bonds is 3. The standard InChI is InChI=1S/C25H28F5N7O/c1-12-5-6-32-7-8-33-22-16-21(35-24(36-22)37-9-4-10-37)19(27)20(34-23(16)38-12)14-11-15(31-3)18(26)13(2)17(14)25(28,29)30/h11-12,31-32H,4-10H2,1-3H3,(H,33,35,36). The number of nitrogens with one attached hydrogen (secondary N) is 3. The van der Waals surface area contributed by atoms with E-state index in [1.807, 2.05) is 4.90 Å². The van der Waals surface area contributed by atoms with Crippen molar-refractivity contribution in [1.29, 1.82) is 0 Å². The molecule has 3 aromatic rings. The van der Waals surface area contributed by atoms with Crippen molar-refractivity contribution in [3.8, 4) is 17.1 Å². The molecule has 13 heteroatoms. The molecule has 0 aliphatic carbocycles. The highest BCUT2D eigenvalue weighted by Crippen LogP contribution is 2.45. The van der Waals surface area contributed by atoms with Crippen LogP contribution >= 0.6 is 0 Å². The van der Waals surface area contributed by atoms with Gasteiger partial charge >= 0.3 is 6.18 Å². The maximum absolute atomic E-state index is 16.3. The quantitative estimate of drug-likeness (QED) is 0.414. The van der Waals surface area contributed by atoms with Crippen LogP contribution in [0.1, 0.15) is 30.9 Å². The maximum atomic E-state index is 16.3. The van der Waals surface area contributed by atoms with Crippen LogP contribution in [0.25, 0.3) is 22.2 Å². The Morgan fingerprint density at radius 1 is 1.08 bits per heavy atom. The van der Waals surface area contributed by atoms with Crippen molar-refractivity contribution >= 4 is 28.4 Å². The van der Waals surface area contributed by atoms with Crippen LogP contribution in [0.2, 0.25) is 0 Å². The molecule has 1 aromatic carbocycles. The molecule has 0 amide bonds. The van der Waals surface area contributed by atoms with E-state index in [2.05, 4.69) is 30.9 Å². The molecule has 2 aromatic heterocycles. The summed E-state index contributed by atoms with van der Waals surface area (Å²) in [4.78, 5) is 15.2. The van der Waals surface area contributed by atoms with Gasteiger partial charge in [-0.25, -0.2) is 18.7 Å². The van der Waals surface area contributed by atoms with Gasteiger partial charge < -0.3 is 25.6 Å². The summed E-state index contributed by atoms with van der Waals surface area (Å²) in [5, 5.41) is 9.13. The smallest absolute Gasteiger partial charge is 0.417 e. The van der Waals surface area contributed by atoms with E-state index in [4.69, 9.17) is 4.74 Å². The first-order chi connectivity index (χ1) is 18.1. The molecule has 1 unspecified atom stereocenters. The van der Waals surface area contributed by atoms with Crippen molar-refractivity contribution in [1.82, 2.24) is 20.3 Å². The number of ether oxygens (including phenoxy) is 1. The first-order valence-electron chi connectivity index (χ1n) is 12.5. The molecule has 0 radical (unpaired) electrons. The number of halogens is 5. The molecule has 1 atom stereocenters. The zero-order valence-electron chi connectivity index (χ0n) is 21.2. The molecule has 8 nitrogen and oxygen atoms in total. The van der Waals surface area contributed by atoms with Crippen molar-refractivity contribution in [2.75, 3.05) is 55.3 Å². The van der Waals surface area contributed by atoms with Gasteiger partial charge in [0.15, 0.2) is 5.82 Å². The van der Waals surface area contributed by atoms with Gasteiger partial charge in [0.25, 0.3) is 0 Å². The SMILES string of the molecule is CNc1cc(-c2nc3c4c(nc(N5CCC5)nc4c2F)NCCNCCC(C)O3)c(C(F)(F)F)c(C)c1F. The van der Waals surface area contributed by atoms with Crippen LogP contribution < -0.4 is 25.6 Å². The molecular formula is C25H28F5N7O. The first-order valence-corrected chi connectivity index (χ1v) is 12.5. The Balaban J connectivity index is 1.85. The van der Waals surface area contributed by atoms with Gasteiger partial charge in [-0.3, -0.25) is 0 Å². The Kier molecular flexibility index (Phi) is 6.88. The van der Waals surface area contributed by atoms with Crippen molar-refractivity contribution < 1.29 is 26.7 Å². The van der Waals surface area contributed by atoms with Crippen molar-refractivity contribution in [2.45, 2.75) is 39.0 Å². The van der Waals surface area contributed by atoms with Crippen LogP contribution in [-0.2, 0) is 6.18 Å². The summed E-state index contributed by atoms with van der Waals surface area (Å²) in [7, 11) is 1.37. The first kappa shape index (κ1) is 26.1. The molecule has 204 valence electrons. The van der Waals surface area contributed by atoms with Crippen LogP contribution in [0.3, 0.4) is 0 Å². The summed E-state index contributed by atoms with van der Waals surface area (Å²) in [6.45, 7) is 5.85. The number of pyridine rings is 1. The Bertz CT molecular complexity index is 1380. The van der Waals surface area contributed by atoms with Gasteiger partial charge in [0.05, 0.1) is 17.4 Å². The molecule has 3 N–H and O–H groups in total. The van der Waals surface area contributed by atoms with Crippen LogP contribution in [0.4, 0.5) is 39.4 Å². The lowest BCUT2D eigenvalue weighted by atomic mass is 9.96. The van der Waals surface area contributed by atoms with Gasteiger partial charge in [0.1, 0.15) is 28.2 Å². The normalized spacial score (nSPS) is 18.3. The lowest BCUT2D eigenvalue weighted by molar-refractivity contribution is -0.137. The highest BCUT2D eigenvalue weighted by atomic mass is 19.4. The molecule has 0 spiro atoms. The molecular weight excluding hydrogens is 509 g/mol. The third-order valence-corrected chi connectivity index (χ3v) is 6.82. The number of nitrogens with zero attached hydrogens (tertiary/aromatic N) is 4. The summed E-state index contributed by atoms with van der Waals surface area (Å²) >= 11 is 0. The Hall–Kier alpha value is -3.48. The minimum absolute atomic E-state index is 0.0930. The monoisotopic (exact) mass is 537 g/mol. The minimum Gasteiger partial charge on any atom is -0.474 e. The molecule has 0 bridgehead atoms. The number of anilines is 3.